The summed E-state index contributed by atoms with van der Waals surface area (Å²) in [4.78, 5) is 3.11. The fraction of sp³-hybridized carbons (Fsp3) is 0. The van der Waals surface area contributed by atoms with Crippen molar-refractivity contribution >= 4 is 16.5 Å². The molecule has 0 aliphatic rings. The van der Waals surface area contributed by atoms with Crippen molar-refractivity contribution in [1.82, 2.24) is 4.98 Å². The Morgan fingerprint density at radius 2 is 1.56 bits per heavy atom. The van der Waals surface area contributed by atoms with Gasteiger partial charge in [0.2, 0.25) is 0 Å². The molecule has 16 heavy (non-hydrogen) atoms. The molecule has 0 aliphatic heterocycles. The number of aromatic amines is 1. The van der Waals surface area contributed by atoms with Crippen molar-refractivity contribution in [2.24, 2.45) is 0 Å². The summed E-state index contributed by atoms with van der Waals surface area (Å²) < 4.78 is 0. The molecule has 3 N–H and O–H groups in total. The molecule has 2 aromatic carbocycles. The molecule has 0 saturated carbocycles. The van der Waals surface area contributed by atoms with E-state index in [1.165, 1.54) is 16.5 Å². The Hall–Kier alpha value is -2.22. The minimum absolute atomic E-state index is 0.816. The number of aromatic nitrogens is 1. The largest absolute Gasteiger partial charge is 0.398 e. The zero-order valence-corrected chi connectivity index (χ0v) is 8.77. The van der Waals surface area contributed by atoms with Crippen LogP contribution in [0.3, 0.4) is 0 Å². The van der Waals surface area contributed by atoms with Crippen molar-refractivity contribution in [2.75, 3.05) is 5.73 Å². The molecular formula is C14H12N2. The Morgan fingerprint density at radius 1 is 0.812 bits per heavy atom. The molecule has 0 spiro atoms. The van der Waals surface area contributed by atoms with Crippen LogP contribution < -0.4 is 5.73 Å². The normalized spacial score (nSPS) is 10.8. The van der Waals surface area contributed by atoms with Gasteiger partial charge >= 0.3 is 0 Å². The zero-order valence-electron chi connectivity index (χ0n) is 8.77. The van der Waals surface area contributed by atoms with Crippen LogP contribution in [0, 0.1) is 0 Å². The molecular weight excluding hydrogens is 196 g/mol. The van der Waals surface area contributed by atoms with E-state index in [9.17, 15) is 0 Å². The molecule has 0 amide bonds. The minimum Gasteiger partial charge on any atom is -0.398 e. The molecule has 1 heterocycles. The summed E-state index contributed by atoms with van der Waals surface area (Å²) in [6.07, 6.45) is 3.94. The lowest BCUT2D eigenvalue weighted by Crippen LogP contribution is -1.86. The fourth-order valence-corrected chi connectivity index (χ4v) is 2.05. The predicted molar refractivity (Wildman–Crippen MR) is 68.1 cm³/mol. The molecule has 0 radical (unpaired) electrons. The number of nitrogens with one attached hydrogen (secondary N) is 1. The first-order valence-corrected chi connectivity index (χ1v) is 5.26. The summed E-state index contributed by atoms with van der Waals surface area (Å²) in [7, 11) is 0. The molecule has 78 valence electrons. The smallest absolute Gasteiger partial charge is 0.0409 e. The summed E-state index contributed by atoms with van der Waals surface area (Å²) in [5, 5.41) is 2.26. The van der Waals surface area contributed by atoms with Crippen LogP contribution in [0.1, 0.15) is 0 Å². The van der Waals surface area contributed by atoms with Gasteiger partial charge in [0.15, 0.2) is 0 Å². The van der Waals surface area contributed by atoms with Gasteiger partial charge in [0, 0.05) is 28.9 Å². The van der Waals surface area contributed by atoms with E-state index in [4.69, 9.17) is 5.73 Å². The van der Waals surface area contributed by atoms with Gasteiger partial charge in [-0.25, -0.2) is 0 Å². The maximum Gasteiger partial charge on any atom is 0.0409 e. The Kier molecular flexibility index (Phi) is 1.93. The number of benzene rings is 2. The van der Waals surface area contributed by atoms with Crippen LogP contribution in [0.5, 0.6) is 0 Å². The first kappa shape index (κ1) is 9.04. The molecule has 0 bridgehead atoms. The van der Waals surface area contributed by atoms with Gasteiger partial charge in [-0.2, -0.15) is 0 Å². The van der Waals surface area contributed by atoms with E-state index >= 15 is 0 Å². The number of rotatable bonds is 1. The molecule has 1 aromatic heterocycles. The van der Waals surface area contributed by atoms with Crippen LogP contribution in [0.2, 0.25) is 0 Å². The first-order chi connectivity index (χ1) is 7.86. The highest BCUT2D eigenvalue weighted by Crippen LogP contribution is 2.31. The van der Waals surface area contributed by atoms with Gasteiger partial charge in [-0.05, 0) is 17.2 Å². The lowest BCUT2D eigenvalue weighted by Gasteiger charge is -2.05. The summed E-state index contributed by atoms with van der Waals surface area (Å²) in [5.41, 5.74) is 9.17. The van der Waals surface area contributed by atoms with Crippen molar-refractivity contribution in [3.8, 4) is 11.1 Å². The third-order valence-corrected chi connectivity index (χ3v) is 2.86. The van der Waals surface area contributed by atoms with E-state index < -0.39 is 0 Å². The van der Waals surface area contributed by atoms with Crippen molar-refractivity contribution < 1.29 is 0 Å². The molecule has 0 atom stereocenters. The van der Waals surface area contributed by atoms with E-state index in [0.717, 1.165) is 11.1 Å². The van der Waals surface area contributed by atoms with E-state index in [1.54, 1.807) is 0 Å². The quantitative estimate of drug-likeness (QED) is 0.591. The second-order valence-electron chi connectivity index (χ2n) is 3.85. The van der Waals surface area contributed by atoms with E-state index in [2.05, 4.69) is 23.2 Å². The molecule has 0 fully saturated rings. The summed E-state index contributed by atoms with van der Waals surface area (Å²) in [5.74, 6) is 0. The van der Waals surface area contributed by atoms with Crippen LogP contribution >= 0.6 is 0 Å². The van der Waals surface area contributed by atoms with Gasteiger partial charge in [0.25, 0.3) is 0 Å². The first-order valence-electron chi connectivity index (χ1n) is 5.26. The second kappa shape index (κ2) is 3.42. The van der Waals surface area contributed by atoms with E-state index in [0.29, 0.717) is 0 Å². The summed E-state index contributed by atoms with van der Waals surface area (Å²) in [6.45, 7) is 0. The third kappa shape index (κ3) is 1.27. The van der Waals surface area contributed by atoms with E-state index in [1.807, 2.05) is 36.7 Å². The minimum atomic E-state index is 0.816. The van der Waals surface area contributed by atoms with Gasteiger partial charge in [0.1, 0.15) is 0 Å². The molecule has 3 rings (SSSR count). The Morgan fingerprint density at radius 3 is 2.38 bits per heavy atom. The molecule has 0 unspecified atom stereocenters. The SMILES string of the molecule is Nc1ccc(-c2ccccc2)c2c[nH]cc12. The third-order valence-electron chi connectivity index (χ3n) is 2.86. The highest BCUT2D eigenvalue weighted by molar-refractivity contribution is 6.02. The number of nitrogens with two attached hydrogens (primary N) is 1. The molecule has 0 saturated heterocycles. The predicted octanol–water partition coefficient (Wildman–Crippen LogP) is 3.42. The van der Waals surface area contributed by atoms with E-state index in [-0.39, 0.29) is 0 Å². The average molecular weight is 208 g/mol. The van der Waals surface area contributed by atoms with Crippen molar-refractivity contribution in [2.45, 2.75) is 0 Å². The number of H-pyrrole nitrogens is 1. The maximum atomic E-state index is 5.93. The van der Waals surface area contributed by atoms with Gasteiger partial charge in [-0.3, -0.25) is 0 Å². The summed E-state index contributed by atoms with van der Waals surface area (Å²) in [6, 6.07) is 14.4. The number of anilines is 1. The van der Waals surface area contributed by atoms with Crippen LogP contribution in [0.4, 0.5) is 5.69 Å². The van der Waals surface area contributed by atoms with Crippen molar-refractivity contribution in [3.63, 3.8) is 0 Å². The lowest BCUT2D eigenvalue weighted by molar-refractivity contribution is 1.43. The van der Waals surface area contributed by atoms with Gasteiger partial charge in [0.05, 0.1) is 0 Å². The Balaban J connectivity index is 2.33. The maximum absolute atomic E-state index is 5.93. The van der Waals surface area contributed by atoms with Crippen LogP contribution in [0.15, 0.2) is 54.9 Å². The number of hydrogen-bond donors (Lipinski definition) is 2. The summed E-state index contributed by atoms with van der Waals surface area (Å²) >= 11 is 0. The monoisotopic (exact) mass is 208 g/mol. The molecule has 0 aliphatic carbocycles. The van der Waals surface area contributed by atoms with Gasteiger partial charge in [-0.15, -0.1) is 0 Å². The van der Waals surface area contributed by atoms with Crippen molar-refractivity contribution in [1.29, 1.82) is 0 Å². The average Bonchev–Trinajstić information content (AvgIpc) is 2.81. The van der Waals surface area contributed by atoms with Gasteiger partial charge < -0.3 is 10.7 Å². The van der Waals surface area contributed by atoms with Crippen LogP contribution in [0.25, 0.3) is 21.9 Å². The second-order valence-corrected chi connectivity index (χ2v) is 3.85. The molecule has 2 heteroatoms. The number of nitrogen functional groups attached to an aromatic ring is 1. The topological polar surface area (TPSA) is 41.8 Å². The lowest BCUT2D eigenvalue weighted by atomic mass is 10.0. The fourth-order valence-electron chi connectivity index (χ4n) is 2.05. The standard InChI is InChI=1S/C14H12N2/c15-14-7-6-11(10-4-2-1-3-5-10)12-8-16-9-13(12)14/h1-9,16H,15H2. The van der Waals surface area contributed by atoms with Crippen LogP contribution in [-0.4, -0.2) is 4.98 Å². The highest BCUT2D eigenvalue weighted by atomic mass is 14.7. The van der Waals surface area contributed by atoms with Crippen molar-refractivity contribution in [3.05, 3.63) is 54.9 Å². The number of hydrogen-bond acceptors (Lipinski definition) is 1. The Bertz CT molecular complexity index is 624. The molecule has 3 aromatic rings. The zero-order chi connectivity index (χ0) is 11.0. The number of fused-ring (bicyclic) bond motifs is 1. The van der Waals surface area contributed by atoms with Gasteiger partial charge in [-0.1, -0.05) is 36.4 Å². The Labute approximate surface area is 93.7 Å². The van der Waals surface area contributed by atoms with Crippen LogP contribution in [-0.2, 0) is 0 Å². The highest BCUT2D eigenvalue weighted by Gasteiger charge is 2.05. The molecule has 2 nitrogen and oxygen atoms in total.